The number of carbonyl (C=O) groups is 4. The molecule has 0 aliphatic heterocycles. The Morgan fingerprint density at radius 1 is 0.925 bits per heavy atom. The van der Waals surface area contributed by atoms with Crippen LogP contribution in [-0.2, 0) is 32.0 Å². The lowest BCUT2D eigenvalue weighted by atomic mass is 9.81. The van der Waals surface area contributed by atoms with Gasteiger partial charge in [0.1, 0.15) is 18.1 Å². The van der Waals surface area contributed by atoms with E-state index in [1.54, 1.807) is 18.0 Å². The fraction of sp³-hybridized carbons (Fsp3) is 0.634. The van der Waals surface area contributed by atoms with Crippen LogP contribution in [0, 0.1) is 23.7 Å². The van der Waals surface area contributed by atoms with Crippen molar-refractivity contribution in [3.05, 3.63) is 66.8 Å². The molecule has 6 N–H and O–H groups in total. The van der Waals surface area contributed by atoms with Crippen molar-refractivity contribution < 1.29 is 24.3 Å². The third-order valence-corrected chi connectivity index (χ3v) is 10.8. The van der Waals surface area contributed by atoms with E-state index >= 15 is 0 Å². The SMILES string of the molecule is C=C[C@@H](C[C@H](O)[C@H](CC1CCCCC1)NC(=O)[C@H](Cc1c[nH]cn1)NC(=O)[C@H](Cc1ccccc1)NC(=O)[C@H](CCSC)NC(=O)CC(C)C)C(C)C. The molecule has 1 aliphatic carbocycles. The van der Waals surface area contributed by atoms with Gasteiger partial charge in [0.2, 0.25) is 23.6 Å². The van der Waals surface area contributed by atoms with Crippen LogP contribution >= 0.6 is 11.8 Å². The minimum absolute atomic E-state index is 0.0765. The molecule has 0 saturated heterocycles. The molecule has 53 heavy (non-hydrogen) atoms. The van der Waals surface area contributed by atoms with Crippen molar-refractivity contribution in [1.29, 1.82) is 0 Å². The van der Waals surface area contributed by atoms with Crippen LogP contribution in [-0.4, -0.2) is 81.0 Å². The summed E-state index contributed by atoms with van der Waals surface area (Å²) in [5.74, 6) is -0.147. The number of hydrogen-bond donors (Lipinski definition) is 6. The van der Waals surface area contributed by atoms with Crippen molar-refractivity contribution in [2.24, 2.45) is 23.7 Å². The maximum Gasteiger partial charge on any atom is 0.243 e. The topological polar surface area (TPSA) is 165 Å². The number of imidazole rings is 1. The van der Waals surface area contributed by atoms with Gasteiger partial charge in [0.05, 0.1) is 24.2 Å². The molecule has 0 unspecified atom stereocenters. The van der Waals surface area contributed by atoms with Gasteiger partial charge in [-0.3, -0.25) is 19.2 Å². The molecule has 1 aliphatic rings. The summed E-state index contributed by atoms with van der Waals surface area (Å²) in [5.41, 5.74) is 1.40. The van der Waals surface area contributed by atoms with Crippen molar-refractivity contribution in [2.75, 3.05) is 12.0 Å². The Kier molecular flexibility index (Phi) is 19.2. The van der Waals surface area contributed by atoms with Crippen LogP contribution in [0.2, 0.25) is 0 Å². The van der Waals surface area contributed by atoms with E-state index in [0.717, 1.165) is 31.2 Å². The largest absolute Gasteiger partial charge is 0.391 e. The van der Waals surface area contributed by atoms with E-state index in [2.05, 4.69) is 51.7 Å². The molecule has 0 radical (unpaired) electrons. The van der Waals surface area contributed by atoms with Crippen molar-refractivity contribution in [2.45, 2.75) is 129 Å². The van der Waals surface area contributed by atoms with E-state index in [9.17, 15) is 24.3 Å². The number of allylic oxidation sites excluding steroid dienone is 1. The van der Waals surface area contributed by atoms with Crippen molar-refractivity contribution in [3.63, 3.8) is 0 Å². The fourth-order valence-electron chi connectivity index (χ4n) is 7.01. The third-order valence-electron chi connectivity index (χ3n) is 10.1. The first kappa shape index (κ1) is 43.8. The zero-order valence-electron chi connectivity index (χ0n) is 32.4. The van der Waals surface area contributed by atoms with E-state index in [4.69, 9.17) is 0 Å². The number of amides is 4. The summed E-state index contributed by atoms with van der Waals surface area (Å²) in [6.45, 7) is 12.1. The van der Waals surface area contributed by atoms with Crippen molar-refractivity contribution in [3.8, 4) is 0 Å². The predicted octanol–water partition coefficient (Wildman–Crippen LogP) is 5.11. The van der Waals surface area contributed by atoms with Gasteiger partial charge in [-0.1, -0.05) is 96.2 Å². The molecule has 294 valence electrons. The predicted molar refractivity (Wildman–Crippen MR) is 213 cm³/mol. The summed E-state index contributed by atoms with van der Waals surface area (Å²) in [5, 5.41) is 23.5. The molecule has 3 rings (SSSR count). The standard InChI is InChI=1S/C41H64N6O5S/c1-7-31(28(4)5)23-37(48)34(21-29-14-10-8-11-15-29)45-41(52)36(24-32-25-42-26-43-32)47-40(51)35(22-30-16-12-9-13-17-30)46-39(50)33(18-19-53-6)44-38(49)20-27(2)3/h7,9,12-13,16-17,25-29,31,33-37,48H,1,8,10-11,14-15,18-24H2,2-6H3,(H,42,43)(H,44,49)(H,45,52)(H,46,50)(H,47,51)/t31-,33-,34-,35-,36-,37-/m0/s1. The lowest BCUT2D eigenvalue weighted by Crippen LogP contribution is -2.59. The minimum atomic E-state index is -1.04. The lowest BCUT2D eigenvalue weighted by molar-refractivity contribution is -0.134. The average molecular weight is 753 g/mol. The summed E-state index contributed by atoms with van der Waals surface area (Å²) in [6.07, 6.45) is 13.8. The molecule has 4 amide bonds. The molecular weight excluding hydrogens is 689 g/mol. The monoisotopic (exact) mass is 752 g/mol. The number of nitrogens with zero attached hydrogens (tertiary/aromatic N) is 1. The highest BCUT2D eigenvalue weighted by Gasteiger charge is 2.34. The summed E-state index contributed by atoms with van der Waals surface area (Å²) >= 11 is 1.57. The van der Waals surface area contributed by atoms with E-state index in [1.807, 2.05) is 56.5 Å². The molecule has 2 aromatic rings. The first-order valence-electron chi connectivity index (χ1n) is 19.4. The van der Waals surface area contributed by atoms with Gasteiger partial charge in [0.25, 0.3) is 0 Å². The third kappa shape index (κ3) is 15.7. The number of benzene rings is 1. The Labute approximate surface area is 321 Å². The number of nitrogens with one attached hydrogen (secondary N) is 5. The number of aromatic amines is 1. The van der Waals surface area contributed by atoms with Crippen molar-refractivity contribution >= 4 is 35.4 Å². The number of aliphatic hydroxyl groups excluding tert-OH is 1. The first-order valence-corrected chi connectivity index (χ1v) is 20.8. The highest BCUT2D eigenvalue weighted by molar-refractivity contribution is 7.98. The average Bonchev–Trinajstić information content (AvgIpc) is 3.65. The molecule has 0 spiro atoms. The van der Waals surface area contributed by atoms with Crippen molar-refractivity contribution in [1.82, 2.24) is 31.2 Å². The summed E-state index contributed by atoms with van der Waals surface area (Å²) in [4.78, 5) is 62.3. The fourth-order valence-corrected chi connectivity index (χ4v) is 7.49. The number of rotatable bonds is 23. The summed E-state index contributed by atoms with van der Waals surface area (Å²) in [7, 11) is 0. The van der Waals surface area contributed by atoms with Crippen LogP contribution in [0.3, 0.4) is 0 Å². The van der Waals surface area contributed by atoms with Crippen LogP contribution < -0.4 is 21.3 Å². The van der Waals surface area contributed by atoms with Crippen LogP contribution in [0.15, 0.2) is 55.5 Å². The molecule has 1 aromatic heterocycles. The maximum atomic E-state index is 14.3. The number of hydrogen-bond acceptors (Lipinski definition) is 7. The second-order valence-corrected chi connectivity index (χ2v) is 16.4. The second-order valence-electron chi connectivity index (χ2n) is 15.4. The Balaban J connectivity index is 1.88. The number of carbonyl (C=O) groups excluding carboxylic acids is 4. The summed E-state index contributed by atoms with van der Waals surface area (Å²) < 4.78 is 0. The van der Waals surface area contributed by atoms with Gasteiger partial charge in [-0.2, -0.15) is 11.8 Å². The quantitative estimate of drug-likeness (QED) is 0.0859. The van der Waals surface area contributed by atoms with Gasteiger partial charge >= 0.3 is 0 Å². The number of aliphatic hydroxyl groups is 1. The van der Waals surface area contributed by atoms with Gasteiger partial charge in [-0.05, 0) is 60.5 Å². The number of thioether (sulfide) groups is 1. The van der Waals surface area contributed by atoms with Gasteiger partial charge in [-0.15, -0.1) is 6.58 Å². The zero-order valence-corrected chi connectivity index (χ0v) is 33.3. The second kappa shape index (κ2) is 23.2. The number of H-pyrrole nitrogens is 1. The molecule has 1 saturated carbocycles. The Morgan fingerprint density at radius 3 is 2.15 bits per heavy atom. The van der Waals surface area contributed by atoms with Gasteiger partial charge < -0.3 is 31.4 Å². The van der Waals surface area contributed by atoms with E-state index in [0.29, 0.717) is 36.6 Å². The van der Waals surface area contributed by atoms with E-state index < -0.39 is 48.0 Å². The molecule has 1 fully saturated rings. The molecule has 6 atom stereocenters. The Morgan fingerprint density at radius 2 is 1.57 bits per heavy atom. The van der Waals surface area contributed by atoms with Crippen LogP contribution in [0.1, 0.15) is 96.7 Å². The normalized spacial score (nSPS) is 16.9. The molecule has 0 bridgehead atoms. The molecule has 11 nitrogen and oxygen atoms in total. The lowest BCUT2D eigenvalue weighted by Gasteiger charge is -2.33. The highest BCUT2D eigenvalue weighted by Crippen LogP contribution is 2.30. The highest BCUT2D eigenvalue weighted by atomic mass is 32.2. The van der Waals surface area contributed by atoms with Crippen LogP contribution in [0.4, 0.5) is 0 Å². The molecule has 1 aromatic carbocycles. The van der Waals surface area contributed by atoms with Gasteiger partial charge in [0.15, 0.2) is 0 Å². The first-order chi connectivity index (χ1) is 25.4. The molecule has 1 heterocycles. The molecule has 12 heteroatoms. The smallest absolute Gasteiger partial charge is 0.243 e. The van der Waals surface area contributed by atoms with Crippen LogP contribution in [0.5, 0.6) is 0 Å². The van der Waals surface area contributed by atoms with E-state index in [-0.39, 0.29) is 42.9 Å². The summed E-state index contributed by atoms with van der Waals surface area (Å²) in [6, 6.07) is 5.93. The van der Waals surface area contributed by atoms with E-state index in [1.165, 1.54) is 12.7 Å². The zero-order chi connectivity index (χ0) is 38.8. The van der Waals surface area contributed by atoms with Gasteiger partial charge in [0, 0.05) is 25.5 Å². The number of aromatic nitrogens is 2. The maximum absolute atomic E-state index is 14.3. The Hall–Kier alpha value is -3.64. The van der Waals surface area contributed by atoms with Crippen LogP contribution in [0.25, 0.3) is 0 Å². The minimum Gasteiger partial charge on any atom is -0.391 e. The Bertz CT molecular complexity index is 1400. The van der Waals surface area contributed by atoms with Gasteiger partial charge in [-0.25, -0.2) is 4.98 Å². The molecular formula is C41H64N6O5S.